The highest BCUT2D eigenvalue weighted by Gasteiger charge is 2.23. The standard InChI is InChI=1S/C11H19N3/c1-9(2)5-4-6-11(3)7-8-13-10(12)14-11/h4-6H,7-8H2,1-3H3,(H3,12,13,14)/b6-4+/t11-/m1/s1. The van der Waals surface area contributed by atoms with Crippen molar-refractivity contribution >= 4 is 5.96 Å². The maximum Gasteiger partial charge on any atom is 0.189 e. The second-order valence-corrected chi connectivity index (χ2v) is 4.16. The van der Waals surface area contributed by atoms with E-state index in [0.29, 0.717) is 5.96 Å². The Kier molecular flexibility index (Phi) is 3.33. The van der Waals surface area contributed by atoms with Gasteiger partial charge >= 0.3 is 0 Å². The van der Waals surface area contributed by atoms with Crippen molar-refractivity contribution in [2.45, 2.75) is 32.7 Å². The van der Waals surface area contributed by atoms with Gasteiger partial charge in [0.15, 0.2) is 5.96 Å². The third-order valence-electron chi connectivity index (χ3n) is 2.22. The van der Waals surface area contributed by atoms with E-state index in [1.54, 1.807) is 0 Å². The van der Waals surface area contributed by atoms with Crippen LogP contribution in [0.5, 0.6) is 0 Å². The zero-order chi connectivity index (χ0) is 10.6. The highest BCUT2D eigenvalue weighted by atomic mass is 15.2. The van der Waals surface area contributed by atoms with Crippen LogP contribution < -0.4 is 11.1 Å². The monoisotopic (exact) mass is 193 g/mol. The van der Waals surface area contributed by atoms with Crippen LogP contribution in [0.2, 0.25) is 0 Å². The number of nitrogens with two attached hydrogens (primary N) is 1. The Labute approximate surface area is 85.8 Å². The summed E-state index contributed by atoms with van der Waals surface area (Å²) in [6.45, 7) is 7.09. The van der Waals surface area contributed by atoms with Crippen LogP contribution in [0.25, 0.3) is 0 Å². The van der Waals surface area contributed by atoms with E-state index in [-0.39, 0.29) is 5.54 Å². The zero-order valence-electron chi connectivity index (χ0n) is 9.17. The van der Waals surface area contributed by atoms with Crippen molar-refractivity contribution < 1.29 is 0 Å². The molecule has 0 unspecified atom stereocenters. The molecule has 1 aliphatic heterocycles. The summed E-state index contributed by atoms with van der Waals surface area (Å²) >= 11 is 0. The molecule has 0 aromatic rings. The number of hydrogen-bond donors (Lipinski definition) is 2. The molecular formula is C11H19N3. The average molecular weight is 193 g/mol. The molecule has 0 aromatic heterocycles. The molecule has 3 nitrogen and oxygen atoms in total. The largest absolute Gasteiger partial charge is 0.370 e. The van der Waals surface area contributed by atoms with Crippen molar-refractivity contribution in [3.8, 4) is 0 Å². The van der Waals surface area contributed by atoms with Gasteiger partial charge in [-0.3, -0.25) is 4.99 Å². The minimum Gasteiger partial charge on any atom is -0.370 e. The van der Waals surface area contributed by atoms with Crippen LogP contribution in [0, 0.1) is 0 Å². The quantitative estimate of drug-likeness (QED) is 0.654. The number of nitrogens with zero attached hydrogens (tertiary/aromatic N) is 1. The van der Waals surface area contributed by atoms with E-state index in [2.05, 4.69) is 49.3 Å². The average Bonchev–Trinajstić information content (AvgIpc) is 2.01. The summed E-state index contributed by atoms with van der Waals surface area (Å²) in [6.07, 6.45) is 7.29. The van der Waals surface area contributed by atoms with E-state index in [0.717, 1.165) is 13.0 Å². The summed E-state index contributed by atoms with van der Waals surface area (Å²) in [5, 5.41) is 3.18. The third kappa shape index (κ3) is 3.24. The Morgan fingerprint density at radius 2 is 2.29 bits per heavy atom. The smallest absolute Gasteiger partial charge is 0.189 e. The van der Waals surface area contributed by atoms with Gasteiger partial charge in [0.2, 0.25) is 0 Å². The lowest BCUT2D eigenvalue weighted by molar-refractivity contribution is 0.463. The van der Waals surface area contributed by atoms with Gasteiger partial charge in [-0.15, -0.1) is 0 Å². The maximum absolute atomic E-state index is 5.63. The normalized spacial score (nSPS) is 26.9. The first-order chi connectivity index (χ1) is 6.52. The lowest BCUT2D eigenvalue weighted by Crippen LogP contribution is -2.51. The topological polar surface area (TPSA) is 50.4 Å². The fraction of sp³-hybridized carbons (Fsp3) is 0.545. The molecule has 0 radical (unpaired) electrons. The fourth-order valence-corrected chi connectivity index (χ4v) is 1.38. The van der Waals surface area contributed by atoms with Gasteiger partial charge in [0.25, 0.3) is 0 Å². The molecule has 78 valence electrons. The lowest BCUT2D eigenvalue weighted by Gasteiger charge is -2.30. The SMILES string of the molecule is CC(C)=C/C=C/[C@]1(C)CCN=C(N)N1. The van der Waals surface area contributed by atoms with Gasteiger partial charge in [-0.1, -0.05) is 23.8 Å². The van der Waals surface area contributed by atoms with Gasteiger partial charge in [0, 0.05) is 6.54 Å². The number of aliphatic imine (C=N–C) groups is 1. The minimum absolute atomic E-state index is 0.0439. The van der Waals surface area contributed by atoms with Gasteiger partial charge in [-0.2, -0.15) is 0 Å². The van der Waals surface area contributed by atoms with E-state index >= 15 is 0 Å². The minimum atomic E-state index is -0.0439. The molecular weight excluding hydrogens is 174 g/mol. The Balaban J connectivity index is 2.63. The Morgan fingerprint density at radius 3 is 2.86 bits per heavy atom. The van der Waals surface area contributed by atoms with Gasteiger partial charge < -0.3 is 11.1 Å². The van der Waals surface area contributed by atoms with Gasteiger partial charge in [0.05, 0.1) is 5.54 Å². The molecule has 3 N–H and O–H groups in total. The summed E-state index contributed by atoms with van der Waals surface area (Å²) in [6, 6.07) is 0. The third-order valence-corrected chi connectivity index (χ3v) is 2.22. The van der Waals surface area contributed by atoms with E-state index in [4.69, 9.17) is 5.73 Å². The van der Waals surface area contributed by atoms with Crippen molar-refractivity contribution in [1.82, 2.24) is 5.32 Å². The van der Waals surface area contributed by atoms with Crippen LogP contribution >= 0.6 is 0 Å². The molecule has 0 saturated carbocycles. The lowest BCUT2D eigenvalue weighted by atomic mass is 9.96. The molecule has 0 fully saturated rings. The molecule has 1 aliphatic rings. The van der Waals surface area contributed by atoms with Crippen LogP contribution in [0.1, 0.15) is 27.2 Å². The molecule has 1 heterocycles. The molecule has 0 spiro atoms. The second kappa shape index (κ2) is 4.31. The molecule has 14 heavy (non-hydrogen) atoms. The van der Waals surface area contributed by atoms with Crippen LogP contribution in [0.3, 0.4) is 0 Å². The fourth-order valence-electron chi connectivity index (χ4n) is 1.38. The number of nitrogens with one attached hydrogen (secondary N) is 1. The van der Waals surface area contributed by atoms with E-state index in [9.17, 15) is 0 Å². The predicted octanol–water partition coefficient (Wildman–Crippen LogP) is 1.58. The molecule has 0 amide bonds. The Bertz CT molecular complexity index is 285. The Hall–Kier alpha value is -1.25. The molecule has 0 bridgehead atoms. The van der Waals surface area contributed by atoms with E-state index in [1.165, 1.54) is 5.57 Å². The second-order valence-electron chi connectivity index (χ2n) is 4.16. The zero-order valence-corrected chi connectivity index (χ0v) is 9.17. The van der Waals surface area contributed by atoms with Crippen molar-refractivity contribution in [2.75, 3.05) is 6.54 Å². The van der Waals surface area contributed by atoms with Gasteiger partial charge in [-0.25, -0.2) is 0 Å². The molecule has 3 heteroatoms. The number of hydrogen-bond acceptors (Lipinski definition) is 3. The molecule has 0 aromatic carbocycles. The van der Waals surface area contributed by atoms with Crippen molar-refractivity contribution in [2.24, 2.45) is 10.7 Å². The summed E-state index contributed by atoms with van der Waals surface area (Å²) in [4.78, 5) is 4.10. The summed E-state index contributed by atoms with van der Waals surface area (Å²) in [5.41, 5.74) is 6.88. The first-order valence-electron chi connectivity index (χ1n) is 4.93. The van der Waals surface area contributed by atoms with Gasteiger partial charge in [0.1, 0.15) is 0 Å². The van der Waals surface area contributed by atoms with Gasteiger partial charge in [-0.05, 0) is 27.2 Å². The van der Waals surface area contributed by atoms with E-state index in [1.807, 2.05) is 0 Å². The van der Waals surface area contributed by atoms with Crippen LogP contribution in [0.15, 0.2) is 28.8 Å². The van der Waals surface area contributed by atoms with Crippen LogP contribution in [-0.2, 0) is 0 Å². The highest BCUT2D eigenvalue weighted by Crippen LogP contribution is 2.14. The first kappa shape index (κ1) is 10.8. The molecule has 0 saturated heterocycles. The van der Waals surface area contributed by atoms with Crippen molar-refractivity contribution in [3.05, 3.63) is 23.8 Å². The van der Waals surface area contributed by atoms with Crippen LogP contribution in [0.4, 0.5) is 0 Å². The predicted molar refractivity (Wildman–Crippen MR) is 61.2 cm³/mol. The summed E-state index contributed by atoms with van der Waals surface area (Å²) in [7, 11) is 0. The Morgan fingerprint density at radius 1 is 1.57 bits per heavy atom. The molecule has 0 aliphatic carbocycles. The maximum atomic E-state index is 5.63. The summed E-state index contributed by atoms with van der Waals surface area (Å²) in [5.74, 6) is 0.542. The summed E-state index contributed by atoms with van der Waals surface area (Å²) < 4.78 is 0. The van der Waals surface area contributed by atoms with E-state index < -0.39 is 0 Å². The highest BCUT2D eigenvalue weighted by molar-refractivity contribution is 5.79. The first-order valence-corrected chi connectivity index (χ1v) is 4.93. The van der Waals surface area contributed by atoms with Crippen LogP contribution in [-0.4, -0.2) is 18.0 Å². The number of rotatable bonds is 2. The van der Waals surface area contributed by atoms with Crippen molar-refractivity contribution in [3.63, 3.8) is 0 Å². The van der Waals surface area contributed by atoms with Crippen molar-refractivity contribution in [1.29, 1.82) is 0 Å². The molecule has 1 atom stereocenters. The molecule has 1 rings (SSSR count). The number of guanidine groups is 1. The number of allylic oxidation sites excluding steroid dienone is 3.